The fourth-order valence-corrected chi connectivity index (χ4v) is 1.48. The fourth-order valence-electron chi connectivity index (χ4n) is 1.32. The first-order chi connectivity index (χ1) is 9.43. The molecule has 0 saturated carbocycles. The van der Waals surface area contributed by atoms with E-state index in [0.717, 1.165) is 12.1 Å². The molecule has 1 rings (SSSR count). The maximum atomic E-state index is 13.4. The zero-order chi connectivity index (χ0) is 15.1. The first-order valence-corrected chi connectivity index (χ1v) is 6.17. The van der Waals surface area contributed by atoms with Gasteiger partial charge in [-0.25, -0.2) is 9.18 Å². The lowest BCUT2D eigenvalue weighted by Gasteiger charge is -1.99. The molecule has 106 valence electrons. The quantitative estimate of drug-likeness (QED) is 0.350. The van der Waals surface area contributed by atoms with Crippen molar-refractivity contribution in [1.82, 2.24) is 0 Å². The van der Waals surface area contributed by atoms with Gasteiger partial charge < -0.3 is 4.74 Å². The number of hydrogen-bond acceptors (Lipinski definition) is 4. The monoisotopic (exact) mass is 298 g/mol. The minimum absolute atomic E-state index is 0.0601. The van der Waals surface area contributed by atoms with Gasteiger partial charge in [-0.1, -0.05) is 17.7 Å². The van der Waals surface area contributed by atoms with Crippen LogP contribution in [0.4, 0.5) is 4.39 Å². The Labute approximate surface area is 120 Å². The highest BCUT2D eigenvalue weighted by molar-refractivity contribution is 6.37. The summed E-state index contributed by atoms with van der Waals surface area (Å²) in [6, 6.07) is 3.97. The molecule has 0 fully saturated rings. The van der Waals surface area contributed by atoms with Crippen LogP contribution in [-0.2, 0) is 19.1 Å². The smallest absolute Gasteiger partial charge is 0.375 e. The molecule has 0 bridgehead atoms. The average Bonchev–Trinajstić information content (AvgIpc) is 2.37. The van der Waals surface area contributed by atoms with Gasteiger partial charge >= 0.3 is 5.97 Å². The number of rotatable bonds is 6. The van der Waals surface area contributed by atoms with E-state index in [-0.39, 0.29) is 17.2 Å². The third-order valence-electron chi connectivity index (χ3n) is 2.25. The first kappa shape index (κ1) is 16.0. The Morgan fingerprint density at radius 2 is 2.05 bits per heavy atom. The Morgan fingerprint density at radius 1 is 1.35 bits per heavy atom. The van der Waals surface area contributed by atoms with Gasteiger partial charge in [0.25, 0.3) is 0 Å². The Kier molecular flexibility index (Phi) is 6.06. The molecule has 0 aliphatic rings. The summed E-state index contributed by atoms with van der Waals surface area (Å²) < 4.78 is 17.9. The van der Waals surface area contributed by atoms with Crippen LogP contribution >= 0.6 is 11.6 Å². The minimum Gasteiger partial charge on any atom is -0.460 e. The second-order valence-corrected chi connectivity index (χ2v) is 4.22. The van der Waals surface area contributed by atoms with E-state index in [1.165, 1.54) is 18.2 Å². The molecule has 1 aromatic rings. The standard InChI is InChI=1S/C14H12ClFO4/c1-2-20-14(19)13(18)8-11(17)6-4-9-3-5-10(15)7-12(9)16/h3-7H,2,8H2,1H3. The van der Waals surface area contributed by atoms with Crippen molar-refractivity contribution in [3.05, 3.63) is 40.7 Å². The van der Waals surface area contributed by atoms with Crippen molar-refractivity contribution >= 4 is 35.2 Å². The van der Waals surface area contributed by atoms with Crippen LogP contribution < -0.4 is 0 Å². The number of esters is 1. The summed E-state index contributed by atoms with van der Waals surface area (Å²) in [5.41, 5.74) is 0.159. The van der Waals surface area contributed by atoms with Gasteiger partial charge in [-0.2, -0.15) is 0 Å². The third kappa shape index (κ3) is 4.93. The second-order valence-electron chi connectivity index (χ2n) is 3.79. The van der Waals surface area contributed by atoms with E-state index in [1.54, 1.807) is 6.92 Å². The lowest BCUT2D eigenvalue weighted by Crippen LogP contribution is -2.19. The summed E-state index contributed by atoms with van der Waals surface area (Å²) >= 11 is 5.59. The molecular formula is C14H12ClFO4. The lowest BCUT2D eigenvalue weighted by atomic mass is 10.1. The molecule has 0 radical (unpaired) electrons. The Balaban J connectivity index is 2.64. The van der Waals surface area contributed by atoms with Crippen LogP contribution in [0.2, 0.25) is 5.02 Å². The summed E-state index contributed by atoms with van der Waals surface area (Å²) in [5.74, 6) is -3.18. The summed E-state index contributed by atoms with van der Waals surface area (Å²) in [6.45, 7) is 1.61. The molecule has 6 heteroatoms. The van der Waals surface area contributed by atoms with E-state index in [1.807, 2.05) is 0 Å². The highest BCUT2D eigenvalue weighted by atomic mass is 35.5. The first-order valence-electron chi connectivity index (χ1n) is 5.80. The lowest BCUT2D eigenvalue weighted by molar-refractivity contribution is -0.154. The molecule has 0 atom stereocenters. The third-order valence-corrected chi connectivity index (χ3v) is 2.48. The van der Waals surface area contributed by atoms with Gasteiger partial charge in [-0.05, 0) is 31.2 Å². The molecule has 0 unspecified atom stereocenters. The van der Waals surface area contributed by atoms with Crippen LogP contribution in [0.1, 0.15) is 18.9 Å². The number of ketones is 2. The summed E-state index contributed by atoms with van der Waals surface area (Å²) in [4.78, 5) is 33.7. The van der Waals surface area contributed by atoms with E-state index in [2.05, 4.69) is 4.74 Å². The Bertz CT molecular complexity index is 566. The van der Waals surface area contributed by atoms with E-state index in [0.29, 0.717) is 0 Å². The van der Waals surface area contributed by atoms with Crippen molar-refractivity contribution in [2.45, 2.75) is 13.3 Å². The number of halogens is 2. The molecular weight excluding hydrogens is 287 g/mol. The molecule has 0 aromatic heterocycles. The predicted molar refractivity (Wildman–Crippen MR) is 71.7 cm³/mol. The van der Waals surface area contributed by atoms with Crippen molar-refractivity contribution in [3.63, 3.8) is 0 Å². The molecule has 1 aromatic carbocycles. The van der Waals surface area contributed by atoms with E-state index in [9.17, 15) is 18.8 Å². The van der Waals surface area contributed by atoms with Crippen LogP contribution in [0.5, 0.6) is 0 Å². The fraction of sp³-hybridized carbons (Fsp3) is 0.214. The van der Waals surface area contributed by atoms with E-state index >= 15 is 0 Å². The topological polar surface area (TPSA) is 60.4 Å². The number of hydrogen-bond donors (Lipinski definition) is 0. The Hall–Kier alpha value is -2.01. The zero-order valence-electron chi connectivity index (χ0n) is 10.7. The number of Topliss-reactive ketones (excluding diaryl/α,β-unsaturated/α-hetero) is 1. The number of carbonyl (C=O) groups excluding carboxylic acids is 3. The van der Waals surface area contributed by atoms with Crippen LogP contribution in [0, 0.1) is 5.82 Å². The molecule has 0 heterocycles. The van der Waals surface area contributed by atoms with Gasteiger partial charge in [0.1, 0.15) is 5.82 Å². The van der Waals surface area contributed by atoms with Gasteiger partial charge in [0.2, 0.25) is 5.78 Å². The molecule has 0 amide bonds. The summed E-state index contributed by atoms with van der Waals surface area (Å²) in [6.07, 6.45) is 1.64. The number of ether oxygens (including phenoxy) is 1. The summed E-state index contributed by atoms with van der Waals surface area (Å²) in [7, 11) is 0. The number of allylic oxidation sites excluding steroid dienone is 1. The maximum absolute atomic E-state index is 13.4. The zero-order valence-corrected chi connectivity index (χ0v) is 11.4. The van der Waals surface area contributed by atoms with Gasteiger partial charge in [0, 0.05) is 10.6 Å². The van der Waals surface area contributed by atoms with E-state index < -0.39 is 29.8 Å². The highest BCUT2D eigenvalue weighted by Gasteiger charge is 2.17. The molecule has 4 nitrogen and oxygen atoms in total. The predicted octanol–water partition coefficient (Wildman–Crippen LogP) is 2.58. The maximum Gasteiger partial charge on any atom is 0.375 e. The van der Waals surface area contributed by atoms with Crippen LogP contribution in [0.3, 0.4) is 0 Å². The normalized spacial score (nSPS) is 10.6. The molecule has 0 spiro atoms. The van der Waals surface area contributed by atoms with Crippen molar-refractivity contribution in [3.8, 4) is 0 Å². The molecule has 0 saturated heterocycles. The summed E-state index contributed by atoms with van der Waals surface area (Å²) in [5, 5.41) is 0.239. The van der Waals surface area contributed by atoms with Crippen molar-refractivity contribution in [2.75, 3.05) is 6.61 Å². The van der Waals surface area contributed by atoms with Crippen LogP contribution in [-0.4, -0.2) is 24.1 Å². The minimum atomic E-state index is -1.05. The number of benzene rings is 1. The van der Waals surface area contributed by atoms with Gasteiger partial charge in [0.05, 0.1) is 13.0 Å². The number of carbonyl (C=O) groups is 3. The van der Waals surface area contributed by atoms with Crippen molar-refractivity contribution < 1.29 is 23.5 Å². The van der Waals surface area contributed by atoms with Crippen molar-refractivity contribution in [2.24, 2.45) is 0 Å². The SMILES string of the molecule is CCOC(=O)C(=O)CC(=O)C=Cc1ccc(Cl)cc1F. The second kappa shape index (κ2) is 7.55. The van der Waals surface area contributed by atoms with E-state index in [4.69, 9.17) is 11.6 Å². The molecule has 0 aliphatic carbocycles. The average molecular weight is 299 g/mol. The van der Waals surface area contributed by atoms with Crippen LogP contribution in [0.15, 0.2) is 24.3 Å². The molecule has 0 N–H and O–H groups in total. The van der Waals surface area contributed by atoms with Crippen LogP contribution in [0.25, 0.3) is 6.08 Å². The highest BCUT2D eigenvalue weighted by Crippen LogP contribution is 2.15. The largest absolute Gasteiger partial charge is 0.460 e. The van der Waals surface area contributed by atoms with Gasteiger partial charge in [-0.3, -0.25) is 9.59 Å². The van der Waals surface area contributed by atoms with Gasteiger partial charge in [0.15, 0.2) is 5.78 Å². The van der Waals surface area contributed by atoms with Gasteiger partial charge in [-0.15, -0.1) is 0 Å². The Morgan fingerprint density at radius 3 is 2.65 bits per heavy atom. The van der Waals surface area contributed by atoms with Crippen molar-refractivity contribution in [1.29, 1.82) is 0 Å². The molecule has 0 aliphatic heterocycles. The molecule has 20 heavy (non-hydrogen) atoms.